The number of rotatable bonds is 4. The van der Waals surface area contributed by atoms with Crippen LogP contribution in [0.4, 0.5) is 23.2 Å². The van der Waals surface area contributed by atoms with Gasteiger partial charge in [-0.1, -0.05) is 11.6 Å². The quantitative estimate of drug-likeness (QED) is 0.221. The Morgan fingerprint density at radius 1 is 1.12 bits per heavy atom. The fourth-order valence-corrected chi connectivity index (χ4v) is 3.32. The standard InChI is InChI=1S/C21H11ClF4N4O3S/c1-32-17-15(25)13(23)12(14(24)16(17)26)19(31)30-21(34)28-10-7-8(4-5-9(10)22)20-29-18-11(33-20)3-2-6-27-18/h2-7H,1H3,(H2,28,30,31,34). The van der Waals surface area contributed by atoms with Gasteiger partial charge < -0.3 is 14.5 Å². The smallest absolute Gasteiger partial charge is 0.263 e. The number of ether oxygens (including phenoxy) is 1. The summed E-state index contributed by atoms with van der Waals surface area (Å²) in [4.78, 5) is 20.6. The summed E-state index contributed by atoms with van der Waals surface area (Å²) in [5, 5.41) is 4.22. The molecule has 2 aromatic carbocycles. The number of aromatic nitrogens is 2. The molecule has 174 valence electrons. The normalized spacial score (nSPS) is 10.9. The Kier molecular flexibility index (Phi) is 6.35. The summed E-state index contributed by atoms with van der Waals surface area (Å²) in [6.45, 7) is 0. The Morgan fingerprint density at radius 2 is 1.82 bits per heavy atom. The van der Waals surface area contributed by atoms with Gasteiger partial charge in [-0.15, -0.1) is 0 Å². The van der Waals surface area contributed by atoms with Crippen LogP contribution in [0.25, 0.3) is 22.7 Å². The van der Waals surface area contributed by atoms with Crippen LogP contribution < -0.4 is 15.4 Å². The summed E-state index contributed by atoms with van der Waals surface area (Å²) in [6.07, 6.45) is 1.55. The maximum Gasteiger partial charge on any atom is 0.263 e. The lowest BCUT2D eigenvalue weighted by Crippen LogP contribution is -2.35. The molecule has 0 aliphatic carbocycles. The molecule has 7 nitrogen and oxygen atoms in total. The molecule has 0 unspecified atom stereocenters. The number of amides is 1. The van der Waals surface area contributed by atoms with Crippen LogP contribution in [0.15, 0.2) is 40.9 Å². The summed E-state index contributed by atoms with van der Waals surface area (Å²) >= 11 is 11.1. The number of hydrogen-bond acceptors (Lipinski definition) is 6. The number of oxazole rings is 1. The van der Waals surface area contributed by atoms with Crippen LogP contribution in [0.3, 0.4) is 0 Å². The molecule has 1 amide bonds. The summed E-state index contributed by atoms with van der Waals surface area (Å²) < 4.78 is 66.1. The number of carbonyl (C=O) groups excluding carboxylic acids is 1. The molecule has 0 aliphatic heterocycles. The minimum Gasteiger partial charge on any atom is -0.491 e. The fraction of sp³-hybridized carbons (Fsp3) is 0.0476. The Labute approximate surface area is 198 Å². The molecule has 4 aromatic rings. The third-order valence-electron chi connectivity index (χ3n) is 4.51. The molecule has 0 bridgehead atoms. The van der Waals surface area contributed by atoms with Crippen molar-refractivity contribution in [1.29, 1.82) is 0 Å². The van der Waals surface area contributed by atoms with Crippen LogP contribution in [0.1, 0.15) is 10.4 Å². The van der Waals surface area contributed by atoms with Gasteiger partial charge in [-0.25, -0.2) is 13.8 Å². The number of methoxy groups -OCH3 is 1. The Morgan fingerprint density at radius 3 is 2.47 bits per heavy atom. The van der Waals surface area contributed by atoms with Gasteiger partial charge in [0, 0.05) is 11.8 Å². The van der Waals surface area contributed by atoms with E-state index in [1.165, 1.54) is 12.1 Å². The van der Waals surface area contributed by atoms with E-state index in [4.69, 9.17) is 28.2 Å². The van der Waals surface area contributed by atoms with Gasteiger partial charge in [0.15, 0.2) is 33.7 Å². The van der Waals surface area contributed by atoms with Crippen molar-refractivity contribution in [2.45, 2.75) is 0 Å². The van der Waals surface area contributed by atoms with Gasteiger partial charge in [0.05, 0.1) is 17.8 Å². The molecule has 0 aliphatic rings. The highest BCUT2D eigenvalue weighted by Gasteiger charge is 2.30. The molecule has 0 saturated carbocycles. The molecule has 2 heterocycles. The van der Waals surface area contributed by atoms with Crippen LogP contribution in [-0.4, -0.2) is 28.1 Å². The van der Waals surface area contributed by atoms with Gasteiger partial charge in [0.25, 0.3) is 5.91 Å². The molecule has 0 radical (unpaired) electrons. The summed E-state index contributed by atoms with van der Waals surface area (Å²) in [7, 11) is 0.814. The van der Waals surface area contributed by atoms with E-state index in [0.717, 1.165) is 7.11 Å². The van der Waals surface area contributed by atoms with Crippen molar-refractivity contribution in [3.63, 3.8) is 0 Å². The molecule has 13 heteroatoms. The van der Waals surface area contributed by atoms with Gasteiger partial charge in [-0.2, -0.15) is 13.8 Å². The van der Waals surface area contributed by atoms with Crippen LogP contribution in [0, 0.1) is 23.3 Å². The first kappa shape index (κ1) is 23.4. The lowest BCUT2D eigenvalue weighted by atomic mass is 10.1. The average Bonchev–Trinajstić information content (AvgIpc) is 3.24. The summed E-state index contributed by atoms with van der Waals surface area (Å²) in [6, 6.07) is 7.94. The molecule has 0 spiro atoms. The van der Waals surface area contributed by atoms with Crippen LogP contribution in [0.5, 0.6) is 5.75 Å². The third-order valence-corrected chi connectivity index (χ3v) is 5.04. The van der Waals surface area contributed by atoms with Crippen molar-refractivity contribution in [2.75, 3.05) is 12.4 Å². The molecule has 0 fully saturated rings. The largest absolute Gasteiger partial charge is 0.491 e. The molecular weight excluding hydrogens is 500 g/mol. The molecule has 4 rings (SSSR count). The first-order chi connectivity index (χ1) is 16.2. The molecule has 2 N–H and O–H groups in total. The SMILES string of the molecule is COc1c(F)c(F)c(C(=O)NC(=S)Nc2cc(-c3nc4ncccc4o3)ccc2Cl)c(F)c1F. The first-order valence-corrected chi connectivity index (χ1v) is 10.0. The zero-order chi connectivity index (χ0) is 24.6. The monoisotopic (exact) mass is 510 g/mol. The van der Waals surface area contributed by atoms with Gasteiger partial charge in [-0.05, 0) is 42.5 Å². The number of nitrogens with one attached hydrogen (secondary N) is 2. The summed E-state index contributed by atoms with van der Waals surface area (Å²) in [5.41, 5.74) is -0.0394. The molecular formula is C21H11ClF4N4O3S. The fourth-order valence-electron chi connectivity index (χ4n) is 2.96. The molecule has 0 atom stereocenters. The van der Waals surface area contributed by atoms with E-state index < -0.39 is 45.6 Å². The predicted molar refractivity (Wildman–Crippen MR) is 119 cm³/mol. The molecule has 0 saturated heterocycles. The van der Waals surface area contributed by atoms with Gasteiger partial charge in [0.1, 0.15) is 5.56 Å². The highest BCUT2D eigenvalue weighted by molar-refractivity contribution is 7.80. The number of hydrogen-bond donors (Lipinski definition) is 2. The number of carbonyl (C=O) groups is 1. The second-order valence-electron chi connectivity index (χ2n) is 6.61. The minimum atomic E-state index is -1.94. The van der Waals surface area contributed by atoms with E-state index in [9.17, 15) is 22.4 Å². The highest BCUT2D eigenvalue weighted by atomic mass is 35.5. The first-order valence-electron chi connectivity index (χ1n) is 9.25. The second kappa shape index (κ2) is 9.23. The lowest BCUT2D eigenvalue weighted by molar-refractivity contribution is 0.0966. The number of nitrogens with zero attached hydrogens (tertiary/aromatic N) is 2. The Balaban J connectivity index is 1.57. The Bertz CT molecular complexity index is 1400. The maximum atomic E-state index is 14.2. The van der Waals surface area contributed by atoms with E-state index in [1.54, 1.807) is 24.4 Å². The van der Waals surface area contributed by atoms with Crippen LogP contribution in [-0.2, 0) is 0 Å². The number of anilines is 1. The van der Waals surface area contributed by atoms with E-state index >= 15 is 0 Å². The third kappa shape index (κ3) is 4.24. The van der Waals surface area contributed by atoms with Crippen molar-refractivity contribution in [1.82, 2.24) is 15.3 Å². The van der Waals surface area contributed by atoms with Gasteiger partial charge in [0.2, 0.25) is 17.5 Å². The number of halogens is 5. The summed E-state index contributed by atoms with van der Waals surface area (Å²) in [5.74, 6) is -10.2. The zero-order valence-corrected chi connectivity index (χ0v) is 18.5. The minimum absolute atomic E-state index is 0.161. The lowest BCUT2D eigenvalue weighted by Gasteiger charge is -2.13. The molecule has 34 heavy (non-hydrogen) atoms. The topological polar surface area (TPSA) is 89.3 Å². The van der Waals surface area contributed by atoms with Crippen molar-refractivity contribution in [3.05, 3.63) is 70.4 Å². The maximum absolute atomic E-state index is 14.2. The van der Waals surface area contributed by atoms with E-state index in [0.29, 0.717) is 16.8 Å². The predicted octanol–water partition coefficient (Wildman–Crippen LogP) is 5.24. The van der Waals surface area contributed by atoms with Crippen LogP contribution in [0.2, 0.25) is 5.02 Å². The van der Waals surface area contributed by atoms with Gasteiger partial charge >= 0.3 is 0 Å². The highest BCUT2D eigenvalue weighted by Crippen LogP contribution is 2.31. The van der Waals surface area contributed by atoms with E-state index in [1.807, 2.05) is 5.32 Å². The Hall–Kier alpha value is -3.77. The zero-order valence-electron chi connectivity index (χ0n) is 16.9. The molecule has 2 aromatic heterocycles. The average molecular weight is 511 g/mol. The van der Waals surface area contributed by atoms with Crippen LogP contribution >= 0.6 is 23.8 Å². The van der Waals surface area contributed by atoms with Gasteiger partial charge in [-0.3, -0.25) is 10.1 Å². The van der Waals surface area contributed by atoms with E-state index in [-0.39, 0.29) is 16.6 Å². The van der Waals surface area contributed by atoms with E-state index in [2.05, 4.69) is 20.0 Å². The second-order valence-corrected chi connectivity index (χ2v) is 7.43. The van der Waals surface area contributed by atoms with Crippen molar-refractivity contribution < 1.29 is 31.5 Å². The number of benzene rings is 2. The van der Waals surface area contributed by atoms with Crippen molar-refractivity contribution >= 4 is 51.8 Å². The van der Waals surface area contributed by atoms with Crippen molar-refractivity contribution in [3.8, 4) is 17.2 Å². The number of pyridine rings is 1. The number of fused-ring (bicyclic) bond motifs is 1. The van der Waals surface area contributed by atoms with Crippen molar-refractivity contribution in [2.24, 2.45) is 0 Å². The number of thiocarbonyl (C=S) groups is 1.